The fourth-order valence-electron chi connectivity index (χ4n) is 2.56. The Morgan fingerprint density at radius 1 is 1.32 bits per heavy atom. The third-order valence-corrected chi connectivity index (χ3v) is 3.83. The molecule has 2 rings (SSSR count). The van der Waals surface area contributed by atoms with Gasteiger partial charge in [-0.25, -0.2) is 4.98 Å². The van der Waals surface area contributed by atoms with Crippen LogP contribution in [0, 0.1) is 5.41 Å². The molecule has 0 saturated heterocycles. The van der Waals surface area contributed by atoms with Crippen LogP contribution in [0.2, 0.25) is 0 Å². The molecular weight excluding hydrogens is 255 g/mol. The zero-order chi connectivity index (χ0) is 13.9. The van der Waals surface area contributed by atoms with Gasteiger partial charge in [-0.15, -0.1) is 0 Å². The molecule has 1 aliphatic carbocycles. The number of pyridine rings is 1. The molecule has 1 fully saturated rings. The van der Waals surface area contributed by atoms with Gasteiger partial charge < -0.3 is 11.1 Å². The van der Waals surface area contributed by atoms with E-state index in [0.29, 0.717) is 13.1 Å². The van der Waals surface area contributed by atoms with Gasteiger partial charge in [0.15, 0.2) is 0 Å². The Morgan fingerprint density at radius 3 is 2.58 bits per heavy atom. The molecule has 3 N–H and O–H groups in total. The van der Waals surface area contributed by atoms with Crippen molar-refractivity contribution in [3.05, 3.63) is 23.9 Å². The lowest BCUT2D eigenvalue weighted by molar-refractivity contribution is -0.137. The van der Waals surface area contributed by atoms with Crippen molar-refractivity contribution in [2.75, 3.05) is 18.4 Å². The molecule has 0 bridgehead atoms. The lowest BCUT2D eigenvalue weighted by Gasteiger charge is -2.27. The van der Waals surface area contributed by atoms with E-state index in [1.165, 1.54) is 6.20 Å². The number of halogens is 3. The minimum Gasteiger partial charge on any atom is -0.369 e. The van der Waals surface area contributed by atoms with Crippen LogP contribution < -0.4 is 11.1 Å². The molecule has 19 heavy (non-hydrogen) atoms. The van der Waals surface area contributed by atoms with E-state index in [-0.39, 0.29) is 11.2 Å². The highest BCUT2D eigenvalue weighted by molar-refractivity contribution is 5.38. The van der Waals surface area contributed by atoms with E-state index in [4.69, 9.17) is 5.73 Å². The highest BCUT2D eigenvalue weighted by atomic mass is 19.4. The molecule has 1 aromatic heterocycles. The van der Waals surface area contributed by atoms with Crippen LogP contribution in [0.4, 0.5) is 19.0 Å². The van der Waals surface area contributed by atoms with Crippen LogP contribution in [0.1, 0.15) is 31.2 Å². The molecule has 0 spiro atoms. The third kappa shape index (κ3) is 3.37. The molecule has 1 aliphatic rings. The number of alkyl halides is 3. The number of hydrogen-bond acceptors (Lipinski definition) is 3. The Bertz CT molecular complexity index is 425. The Hall–Kier alpha value is -1.30. The second kappa shape index (κ2) is 5.36. The number of hydrogen-bond donors (Lipinski definition) is 2. The number of nitrogens with one attached hydrogen (secondary N) is 1. The van der Waals surface area contributed by atoms with Crippen molar-refractivity contribution in [2.45, 2.75) is 31.9 Å². The van der Waals surface area contributed by atoms with Crippen LogP contribution in [-0.4, -0.2) is 18.1 Å². The van der Waals surface area contributed by atoms with Gasteiger partial charge in [0.05, 0.1) is 5.56 Å². The Labute approximate surface area is 110 Å². The number of nitrogens with two attached hydrogens (primary N) is 1. The Morgan fingerprint density at radius 2 is 2.00 bits per heavy atom. The maximum Gasteiger partial charge on any atom is 0.416 e. The summed E-state index contributed by atoms with van der Waals surface area (Å²) in [6, 6.07) is 2.01. The molecule has 0 aliphatic heterocycles. The Balaban J connectivity index is 2.03. The summed E-state index contributed by atoms with van der Waals surface area (Å²) < 4.78 is 37.7. The fourth-order valence-corrected chi connectivity index (χ4v) is 2.56. The summed E-state index contributed by atoms with van der Waals surface area (Å²) in [6.07, 6.45) is 1.15. The lowest BCUT2D eigenvalue weighted by Crippen LogP contribution is -2.34. The first-order chi connectivity index (χ1) is 8.95. The van der Waals surface area contributed by atoms with Crippen LogP contribution in [0.15, 0.2) is 18.3 Å². The Kier molecular flexibility index (Phi) is 3.99. The van der Waals surface area contributed by atoms with Gasteiger partial charge in [-0.3, -0.25) is 0 Å². The van der Waals surface area contributed by atoms with Crippen molar-refractivity contribution < 1.29 is 13.2 Å². The molecule has 6 heteroatoms. The van der Waals surface area contributed by atoms with E-state index in [1.807, 2.05) is 0 Å². The molecule has 0 unspecified atom stereocenters. The lowest BCUT2D eigenvalue weighted by atomic mass is 9.86. The predicted octanol–water partition coefficient (Wildman–Crippen LogP) is 3.03. The van der Waals surface area contributed by atoms with Crippen LogP contribution in [-0.2, 0) is 6.18 Å². The second-order valence-electron chi connectivity index (χ2n) is 5.19. The molecule has 0 aromatic carbocycles. The van der Waals surface area contributed by atoms with Gasteiger partial charge in [0.2, 0.25) is 0 Å². The number of anilines is 1. The molecule has 106 valence electrons. The van der Waals surface area contributed by atoms with E-state index in [1.54, 1.807) is 0 Å². The largest absolute Gasteiger partial charge is 0.416 e. The van der Waals surface area contributed by atoms with E-state index in [2.05, 4.69) is 10.3 Å². The molecule has 0 radical (unpaired) electrons. The summed E-state index contributed by atoms with van der Waals surface area (Å²) in [4.78, 5) is 3.93. The van der Waals surface area contributed by atoms with Crippen molar-refractivity contribution in [3.63, 3.8) is 0 Å². The van der Waals surface area contributed by atoms with E-state index in [0.717, 1.165) is 37.8 Å². The van der Waals surface area contributed by atoms with Gasteiger partial charge in [0, 0.05) is 12.7 Å². The summed E-state index contributed by atoms with van der Waals surface area (Å²) >= 11 is 0. The van der Waals surface area contributed by atoms with E-state index >= 15 is 0 Å². The minimum absolute atomic E-state index is 0.00984. The topological polar surface area (TPSA) is 50.9 Å². The monoisotopic (exact) mass is 273 g/mol. The summed E-state index contributed by atoms with van der Waals surface area (Å²) in [5, 5.41) is 3.00. The zero-order valence-corrected chi connectivity index (χ0v) is 10.6. The normalized spacial score (nSPS) is 18.5. The molecule has 0 amide bonds. The standard InChI is InChI=1S/C13H18F3N3/c14-13(15,16)10-3-6-18-11(7-10)19-9-12(8-17)4-1-2-5-12/h3,6-7H,1-2,4-5,8-9,17H2,(H,18,19). The van der Waals surface area contributed by atoms with Gasteiger partial charge >= 0.3 is 6.18 Å². The van der Waals surface area contributed by atoms with Crippen molar-refractivity contribution in [1.82, 2.24) is 4.98 Å². The molecule has 3 nitrogen and oxygen atoms in total. The molecule has 0 atom stereocenters. The molecule has 1 saturated carbocycles. The highest BCUT2D eigenvalue weighted by Gasteiger charge is 2.33. The third-order valence-electron chi connectivity index (χ3n) is 3.83. The number of aromatic nitrogens is 1. The zero-order valence-electron chi connectivity index (χ0n) is 10.6. The maximum atomic E-state index is 12.6. The fraction of sp³-hybridized carbons (Fsp3) is 0.615. The number of rotatable bonds is 4. The average molecular weight is 273 g/mol. The maximum absolute atomic E-state index is 12.6. The van der Waals surface area contributed by atoms with Crippen molar-refractivity contribution in [2.24, 2.45) is 11.1 Å². The van der Waals surface area contributed by atoms with Crippen LogP contribution in [0.5, 0.6) is 0 Å². The summed E-state index contributed by atoms with van der Waals surface area (Å²) in [7, 11) is 0. The average Bonchev–Trinajstić information content (AvgIpc) is 2.85. The smallest absolute Gasteiger partial charge is 0.369 e. The van der Waals surface area contributed by atoms with Gasteiger partial charge in [-0.05, 0) is 36.9 Å². The highest BCUT2D eigenvalue weighted by Crippen LogP contribution is 2.37. The summed E-state index contributed by atoms with van der Waals surface area (Å²) in [5.74, 6) is 0.259. The molecule has 1 heterocycles. The van der Waals surface area contributed by atoms with Gasteiger partial charge in [0.1, 0.15) is 5.82 Å². The minimum atomic E-state index is -4.34. The van der Waals surface area contributed by atoms with Gasteiger partial charge in [-0.2, -0.15) is 13.2 Å². The predicted molar refractivity (Wildman–Crippen MR) is 67.7 cm³/mol. The van der Waals surface area contributed by atoms with Crippen LogP contribution in [0.3, 0.4) is 0 Å². The summed E-state index contributed by atoms with van der Waals surface area (Å²) in [6.45, 7) is 1.14. The van der Waals surface area contributed by atoms with Crippen molar-refractivity contribution in [3.8, 4) is 0 Å². The first-order valence-electron chi connectivity index (χ1n) is 6.42. The van der Waals surface area contributed by atoms with Crippen LogP contribution >= 0.6 is 0 Å². The quantitative estimate of drug-likeness (QED) is 0.886. The van der Waals surface area contributed by atoms with Crippen molar-refractivity contribution >= 4 is 5.82 Å². The molecular formula is C13H18F3N3. The molecule has 1 aromatic rings. The van der Waals surface area contributed by atoms with Gasteiger partial charge in [0.25, 0.3) is 0 Å². The number of nitrogens with zero attached hydrogens (tertiary/aromatic N) is 1. The van der Waals surface area contributed by atoms with E-state index in [9.17, 15) is 13.2 Å². The van der Waals surface area contributed by atoms with Crippen LogP contribution in [0.25, 0.3) is 0 Å². The first-order valence-corrected chi connectivity index (χ1v) is 6.42. The second-order valence-corrected chi connectivity index (χ2v) is 5.19. The summed E-state index contributed by atoms with van der Waals surface area (Å²) in [5.41, 5.74) is 5.12. The van der Waals surface area contributed by atoms with Crippen molar-refractivity contribution in [1.29, 1.82) is 0 Å². The SMILES string of the molecule is NCC1(CNc2cc(C(F)(F)F)ccn2)CCCC1. The first kappa shape index (κ1) is 14.1. The van der Waals surface area contributed by atoms with E-state index < -0.39 is 11.7 Å². The van der Waals surface area contributed by atoms with Gasteiger partial charge in [-0.1, -0.05) is 12.8 Å².